The van der Waals surface area contributed by atoms with Crippen molar-refractivity contribution in [3.05, 3.63) is 66.4 Å². The molecule has 0 bridgehead atoms. The first kappa shape index (κ1) is 18.1. The fourth-order valence-electron chi connectivity index (χ4n) is 5.55. The highest BCUT2D eigenvalue weighted by molar-refractivity contribution is 5.84. The summed E-state index contributed by atoms with van der Waals surface area (Å²) in [5, 5.41) is 1.18. The molecule has 3 fully saturated rings. The summed E-state index contributed by atoms with van der Waals surface area (Å²) >= 11 is 0. The molecule has 1 aliphatic heterocycles. The van der Waals surface area contributed by atoms with E-state index in [-0.39, 0.29) is 0 Å². The smallest absolute Gasteiger partial charge is 0.225 e. The van der Waals surface area contributed by atoms with Crippen LogP contribution in [0.3, 0.4) is 0 Å². The van der Waals surface area contributed by atoms with E-state index in [9.17, 15) is 4.79 Å². The van der Waals surface area contributed by atoms with Crippen LogP contribution in [0.4, 0.5) is 0 Å². The molecule has 30 heavy (non-hydrogen) atoms. The molecule has 1 aromatic heterocycles. The van der Waals surface area contributed by atoms with Crippen molar-refractivity contribution in [3.8, 4) is 11.1 Å². The molecule has 0 radical (unpaired) electrons. The summed E-state index contributed by atoms with van der Waals surface area (Å²) in [6, 6.07) is 19.9. The molecule has 3 nitrogen and oxygen atoms in total. The van der Waals surface area contributed by atoms with Crippen molar-refractivity contribution in [2.75, 3.05) is 13.1 Å². The van der Waals surface area contributed by atoms with Crippen LogP contribution >= 0.6 is 0 Å². The highest BCUT2D eigenvalue weighted by Gasteiger charge is 2.51. The summed E-state index contributed by atoms with van der Waals surface area (Å²) < 4.78 is 0. The first-order chi connectivity index (χ1) is 14.7. The van der Waals surface area contributed by atoms with Gasteiger partial charge in [0.1, 0.15) is 0 Å². The minimum Gasteiger partial charge on any atom is -0.342 e. The van der Waals surface area contributed by atoms with Crippen LogP contribution in [-0.4, -0.2) is 28.9 Å². The number of carbonyl (C=O) groups is 1. The van der Waals surface area contributed by atoms with Crippen molar-refractivity contribution in [3.63, 3.8) is 0 Å². The number of rotatable bonds is 4. The predicted molar refractivity (Wildman–Crippen MR) is 120 cm³/mol. The van der Waals surface area contributed by atoms with Gasteiger partial charge in [-0.05, 0) is 78.7 Å². The molecule has 3 heteroatoms. The first-order valence-electron chi connectivity index (χ1n) is 11.5. The van der Waals surface area contributed by atoms with E-state index in [0.29, 0.717) is 17.2 Å². The number of amides is 1. The van der Waals surface area contributed by atoms with Crippen LogP contribution in [0, 0.1) is 11.8 Å². The zero-order chi connectivity index (χ0) is 20.1. The summed E-state index contributed by atoms with van der Waals surface area (Å²) in [7, 11) is 0. The largest absolute Gasteiger partial charge is 0.342 e. The Kier molecular flexibility index (Phi) is 4.19. The third kappa shape index (κ3) is 3.12. The Morgan fingerprint density at radius 3 is 2.33 bits per heavy atom. The van der Waals surface area contributed by atoms with Crippen molar-refractivity contribution in [1.82, 2.24) is 9.88 Å². The third-order valence-corrected chi connectivity index (χ3v) is 7.70. The lowest BCUT2D eigenvalue weighted by Crippen LogP contribution is -2.42. The van der Waals surface area contributed by atoms with Crippen molar-refractivity contribution >= 4 is 16.8 Å². The number of carbonyl (C=O) groups excluding carboxylic acids is 1. The second kappa shape index (κ2) is 6.94. The highest BCUT2D eigenvalue weighted by Crippen LogP contribution is 2.57. The predicted octanol–water partition coefficient (Wildman–Crippen LogP) is 5.58. The van der Waals surface area contributed by atoms with Gasteiger partial charge in [-0.25, -0.2) is 0 Å². The maximum Gasteiger partial charge on any atom is 0.225 e. The van der Waals surface area contributed by atoms with E-state index in [2.05, 4.69) is 58.4 Å². The molecule has 6 rings (SSSR count). The van der Waals surface area contributed by atoms with Gasteiger partial charge in [0, 0.05) is 30.6 Å². The number of aromatic nitrogens is 1. The van der Waals surface area contributed by atoms with Crippen LogP contribution in [-0.2, 0) is 10.2 Å². The van der Waals surface area contributed by atoms with Crippen LogP contribution in [0.5, 0.6) is 0 Å². The summed E-state index contributed by atoms with van der Waals surface area (Å²) in [5.41, 5.74) is 5.39. The lowest BCUT2D eigenvalue weighted by atomic mass is 9.77. The molecule has 3 aliphatic rings. The summed E-state index contributed by atoms with van der Waals surface area (Å²) in [4.78, 5) is 19.0. The molecule has 1 saturated heterocycles. The Morgan fingerprint density at radius 2 is 1.63 bits per heavy atom. The molecule has 3 aromatic rings. The van der Waals surface area contributed by atoms with Gasteiger partial charge < -0.3 is 4.90 Å². The van der Waals surface area contributed by atoms with Gasteiger partial charge in [0.25, 0.3) is 0 Å². The molecular formula is C27H28N2O. The van der Waals surface area contributed by atoms with E-state index in [0.717, 1.165) is 50.2 Å². The Bertz CT molecular complexity index is 1090. The summed E-state index contributed by atoms with van der Waals surface area (Å²) in [5.74, 6) is 1.50. The lowest BCUT2D eigenvalue weighted by molar-refractivity contribution is -0.134. The maximum atomic E-state index is 12.4. The number of likely N-dealkylation sites (tertiary alicyclic amines) is 1. The standard InChI is InChI=1S/C27H28N2O/c30-26(21-4-5-21)29-16-11-24(12-17-29)27(13-14-27)23-9-7-19(8-10-23)22-6-3-20-2-1-15-28-25(20)18-22/h1-3,6-10,15,18,21,24H,4-5,11-14,16-17H2. The zero-order valence-electron chi connectivity index (χ0n) is 17.4. The second-order valence-electron chi connectivity index (χ2n) is 9.52. The molecule has 0 atom stereocenters. The van der Waals surface area contributed by atoms with Gasteiger partial charge in [-0.3, -0.25) is 9.78 Å². The Balaban J connectivity index is 1.19. The Labute approximate surface area is 178 Å². The molecule has 0 N–H and O–H groups in total. The van der Waals surface area contributed by atoms with Gasteiger partial charge in [0.15, 0.2) is 0 Å². The van der Waals surface area contributed by atoms with E-state index >= 15 is 0 Å². The molecule has 0 unspecified atom stereocenters. The topological polar surface area (TPSA) is 33.2 Å². The fourth-order valence-corrected chi connectivity index (χ4v) is 5.55. The Morgan fingerprint density at radius 1 is 0.900 bits per heavy atom. The number of fused-ring (bicyclic) bond motifs is 1. The first-order valence-corrected chi connectivity index (χ1v) is 11.5. The van der Waals surface area contributed by atoms with E-state index < -0.39 is 0 Å². The molecule has 1 amide bonds. The van der Waals surface area contributed by atoms with Crippen LogP contribution in [0.1, 0.15) is 44.1 Å². The van der Waals surface area contributed by atoms with E-state index in [1.165, 1.54) is 34.9 Å². The third-order valence-electron chi connectivity index (χ3n) is 7.70. The van der Waals surface area contributed by atoms with Crippen molar-refractivity contribution in [2.24, 2.45) is 11.8 Å². The van der Waals surface area contributed by atoms with Crippen LogP contribution in [0.15, 0.2) is 60.8 Å². The monoisotopic (exact) mass is 396 g/mol. The van der Waals surface area contributed by atoms with Crippen molar-refractivity contribution < 1.29 is 4.79 Å². The molecule has 0 spiro atoms. The van der Waals surface area contributed by atoms with Gasteiger partial charge in [-0.1, -0.05) is 42.5 Å². The van der Waals surface area contributed by atoms with Gasteiger partial charge in [0.05, 0.1) is 5.52 Å². The SMILES string of the molecule is O=C(C1CC1)N1CCC(C2(c3ccc(-c4ccc5cccnc5c4)cc3)CC2)CC1. The van der Waals surface area contributed by atoms with Crippen LogP contribution in [0.25, 0.3) is 22.0 Å². The quantitative estimate of drug-likeness (QED) is 0.577. The van der Waals surface area contributed by atoms with Crippen molar-refractivity contribution in [1.29, 1.82) is 0 Å². The number of hydrogen-bond acceptors (Lipinski definition) is 2. The van der Waals surface area contributed by atoms with Gasteiger partial charge in [-0.2, -0.15) is 0 Å². The van der Waals surface area contributed by atoms with E-state index in [1.54, 1.807) is 0 Å². The van der Waals surface area contributed by atoms with E-state index in [4.69, 9.17) is 0 Å². The molecular weight excluding hydrogens is 368 g/mol. The maximum absolute atomic E-state index is 12.4. The second-order valence-corrected chi connectivity index (χ2v) is 9.52. The average Bonchev–Trinajstić information content (AvgIpc) is 3.72. The number of piperidine rings is 1. The van der Waals surface area contributed by atoms with Crippen LogP contribution in [0.2, 0.25) is 0 Å². The van der Waals surface area contributed by atoms with Gasteiger partial charge in [0.2, 0.25) is 5.91 Å². The number of nitrogens with zero attached hydrogens (tertiary/aromatic N) is 2. The summed E-state index contributed by atoms with van der Waals surface area (Å²) in [6.45, 7) is 1.92. The minimum absolute atomic E-state index is 0.356. The lowest BCUT2D eigenvalue weighted by Gasteiger charge is -2.37. The zero-order valence-corrected chi connectivity index (χ0v) is 17.4. The number of pyridine rings is 1. The molecule has 2 aromatic carbocycles. The number of hydrogen-bond donors (Lipinski definition) is 0. The van der Waals surface area contributed by atoms with Gasteiger partial charge >= 0.3 is 0 Å². The normalized spacial score (nSPS) is 21.0. The number of benzene rings is 2. The Hall–Kier alpha value is -2.68. The molecule has 152 valence electrons. The summed E-state index contributed by atoms with van der Waals surface area (Å²) in [6.07, 6.45) is 9.01. The van der Waals surface area contributed by atoms with Crippen molar-refractivity contribution in [2.45, 2.75) is 43.9 Å². The van der Waals surface area contributed by atoms with Gasteiger partial charge in [-0.15, -0.1) is 0 Å². The van der Waals surface area contributed by atoms with E-state index in [1.807, 2.05) is 12.3 Å². The fraction of sp³-hybridized carbons (Fsp3) is 0.407. The molecule has 2 saturated carbocycles. The minimum atomic E-state index is 0.356. The van der Waals surface area contributed by atoms with Crippen LogP contribution < -0.4 is 0 Å². The molecule has 2 heterocycles. The molecule has 2 aliphatic carbocycles. The highest BCUT2D eigenvalue weighted by atomic mass is 16.2. The average molecular weight is 397 g/mol.